The third-order valence-electron chi connectivity index (χ3n) is 4.61. The number of para-hydroxylation sites is 1. The van der Waals surface area contributed by atoms with Gasteiger partial charge in [-0.1, -0.05) is 23.7 Å². The molecular formula is C17H23Cl2N3O2. The maximum absolute atomic E-state index is 12.7. The minimum Gasteiger partial charge on any atom is -0.344 e. The molecule has 2 aliphatic heterocycles. The highest BCUT2D eigenvalue weighted by Gasteiger charge is 2.33. The van der Waals surface area contributed by atoms with E-state index in [1.165, 1.54) is 0 Å². The van der Waals surface area contributed by atoms with Crippen molar-refractivity contribution in [2.45, 2.75) is 31.7 Å². The Morgan fingerprint density at radius 2 is 1.92 bits per heavy atom. The van der Waals surface area contributed by atoms with Crippen molar-refractivity contribution >= 4 is 41.5 Å². The van der Waals surface area contributed by atoms with Crippen molar-refractivity contribution in [1.82, 2.24) is 10.6 Å². The van der Waals surface area contributed by atoms with Crippen molar-refractivity contribution in [3.8, 4) is 0 Å². The molecule has 0 bridgehead atoms. The fourth-order valence-corrected chi connectivity index (χ4v) is 3.53. The summed E-state index contributed by atoms with van der Waals surface area (Å²) in [4.78, 5) is 26.8. The highest BCUT2D eigenvalue weighted by Crippen LogP contribution is 2.28. The Bertz CT molecular complexity index is 591. The lowest BCUT2D eigenvalue weighted by Gasteiger charge is -2.34. The van der Waals surface area contributed by atoms with Gasteiger partial charge in [0.25, 0.3) is 0 Å². The van der Waals surface area contributed by atoms with Gasteiger partial charge in [0.05, 0.1) is 10.7 Å². The molecular weight excluding hydrogens is 349 g/mol. The summed E-state index contributed by atoms with van der Waals surface area (Å²) >= 11 is 6.21. The quantitative estimate of drug-likeness (QED) is 0.857. The van der Waals surface area contributed by atoms with Crippen molar-refractivity contribution in [1.29, 1.82) is 0 Å². The molecule has 0 saturated carbocycles. The Morgan fingerprint density at radius 1 is 1.21 bits per heavy atom. The number of piperidine rings is 2. The van der Waals surface area contributed by atoms with Gasteiger partial charge >= 0.3 is 0 Å². The normalized spacial score (nSPS) is 22.0. The summed E-state index contributed by atoms with van der Waals surface area (Å²) in [6.07, 6.45) is 3.21. The Kier molecular flexibility index (Phi) is 6.90. The van der Waals surface area contributed by atoms with Crippen LogP contribution in [0.4, 0.5) is 5.69 Å². The molecule has 2 aliphatic rings. The van der Waals surface area contributed by atoms with E-state index in [0.29, 0.717) is 18.0 Å². The Balaban J connectivity index is 0.00000208. The van der Waals surface area contributed by atoms with Gasteiger partial charge in [-0.15, -0.1) is 12.4 Å². The zero-order valence-electron chi connectivity index (χ0n) is 13.5. The first-order valence-corrected chi connectivity index (χ1v) is 8.61. The van der Waals surface area contributed by atoms with Gasteiger partial charge < -0.3 is 15.5 Å². The Hall–Kier alpha value is -1.30. The first kappa shape index (κ1) is 19.0. The lowest BCUT2D eigenvalue weighted by atomic mass is 9.96. The van der Waals surface area contributed by atoms with Crippen LogP contribution in [0.25, 0.3) is 0 Å². The monoisotopic (exact) mass is 371 g/mol. The van der Waals surface area contributed by atoms with Crippen LogP contribution in [0.5, 0.6) is 0 Å². The van der Waals surface area contributed by atoms with Crippen molar-refractivity contribution in [2.24, 2.45) is 5.92 Å². The number of benzene rings is 1. The number of hydrogen-bond acceptors (Lipinski definition) is 3. The molecule has 0 aromatic heterocycles. The van der Waals surface area contributed by atoms with Gasteiger partial charge in [0, 0.05) is 12.5 Å². The number of hydrogen-bond donors (Lipinski definition) is 2. The van der Waals surface area contributed by atoms with Crippen LogP contribution in [0.1, 0.15) is 25.7 Å². The van der Waals surface area contributed by atoms with E-state index in [9.17, 15) is 9.59 Å². The number of nitrogens with zero attached hydrogens (tertiary/aromatic N) is 1. The molecule has 0 spiro atoms. The minimum absolute atomic E-state index is 0. The first-order chi connectivity index (χ1) is 11.2. The van der Waals surface area contributed by atoms with Crippen LogP contribution in [0.15, 0.2) is 24.3 Å². The molecule has 3 rings (SSSR count). The molecule has 1 aromatic carbocycles. The number of carbonyl (C=O) groups excluding carboxylic acids is 2. The maximum atomic E-state index is 12.7. The van der Waals surface area contributed by atoms with Crippen molar-refractivity contribution in [2.75, 3.05) is 24.5 Å². The second-order valence-corrected chi connectivity index (χ2v) is 6.58. The van der Waals surface area contributed by atoms with E-state index >= 15 is 0 Å². The summed E-state index contributed by atoms with van der Waals surface area (Å²) in [6, 6.07) is 6.89. The molecule has 7 heteroatoms. The zero-order valence-corrected chi connectivity index (χ0v) is 15.0. The predicted molar refractivity (Wildman–Crippen MR) is 97.8 cm³/mol. The van der Waals surface area contributed by atoms with Gasteiger partial charge in [-0.05, 0) is 50.9 Å². The zero-order chi connectivity index (χ0) is 16.2. The lowest BCUT2D eigenvalue weighted by molar-refractivity contribution is -0.131. The van der Waals surface area contributed by atoms with Crippen LogP contribution < -0.4 is 15.5 Å². The molecule has 2 fully saturated rings. The average Bonchev–Trinajstić information content (AvgIpc) is 2.58. The van der Waals surface area contributed by atoms with E-state index in [0.717, 1.165) is 38.0 Å². The van der Waals surface area contributed by atoms with Gasteiger partial charge in [-0.3, -0.25) is 9.59 Å². The molecule has 2 saturated heterocycles. The number of anilines is 1. The summed E-state index contributed by atoms with van der Waals surface area (Å²) in [5.74, 6) is -0.0442. The number of rotatable bonds is 3. The SMILES string of the molecule is Cl.O=C(NC1CCCN(c2ccccc2Cl)C1=O)C1CCNCC1. The lowest BCUT2D eigenvalue weighted by Crippen LogP contribution is -2.54. The summed E-state index contributed by atoms with van der Waals surface area (Å²) in [7, 11) is 0. The molecule has 2 heterocycles. The van der Waals surface area contributed by atoms with Gasteiger partial charge in [0.1, 0.15) is 6.04 Å². The largest absolute Gasteiger partial charge is 0.344 e. The molecule has 2 amide bonds. The van der Waals surface area contributed by atoms with Gasteiger partial charge in [-0.2, -0.15) is 0 Å². The third-order valence-corrected chi connectivity index (χ3v) is 4.93. The number of carbonyl (C=O) groups is 2. The van der Waals surface area contributed by atoms with E-state index in [-0.39, 0.29) is 30.1 Å². The second-order valence-electron chi connectivity index (χ2n) is 6.17. The molecule has 1 unspecified atom stereocenters. The molecule has 2 N–H and O–H groups in total. The smallest absolute Gasteiger partial charge is 0.249 e. The van der Waals surface area contributed by atoms with Crippen LogP contribution in [-0.2, 0) is 9.59 Å². The topological polar surface area (TPSA) is 61.4 Å². The predicted octanol–water partition coefficient (Wildman–Crippen LogP) is 2.37. The van der Waals surface area contributed by atoms with Crippen LogP contribution >= 0.6 is 24.0 Å². The fourth-order valence-electron chi connectivity index (χ4n) is 3.29. The molecule has 1 aromatic rings. The van der Waals surface area contributed by atoms with Gasteiger partial charge in [-0.25, -0.2) is 0 Å². The fraction of sp³-hybridized carbons (Fsp3) is 0.529. The molecule has 0 radical (unpaired) electrons. The van der Waals surface area contributed by atoms with Crippen LogP contribution in [0.2, 0.25) is 5.02 Å². The van der Waals surface area contributed by atoms with Gasteiger partial charge in [0.2, 0.25) is 11.8 Å². The van der Waals surface area contributed by atoms with Crippen LogP contribution in [0, 0.1) is 5.92 Å². The van der Waals surface area contributed by atoms with E-state index < -0.39 is 6.04 Å². The summed E-state index contributed by atoms with van der Waals surface area (Å²) < 4.78 is 0. The van der Waals surface area contributed by atoms with E-state index in [1.807, 2.05) is 18.2 Å². The number of halogens is 2. The molecule has 132 valence electrons. The standard InChI is InChI=1S/C17H22ClN3O2.ClH/c18-13-4-1-2-6-15(13)21-11-3-5-14(17(21)23)20-16(22)12-7-9-19-10-8-12;/h1-2,4,6,12,14,19H,3,5,7-11H2,(H,20,22);1H. The minimum atomic E-state index is -0.442. The third kappa shape index (κ3) is 4.21. The second kappa shape index (κ2) is 8.70. The Morgan fingerprint density at radius 3 is 2.62 bits per heavy atom. The van der Waals surface area contributed by atoms with E-state index in [4.69, 9.17) is 11.6 Å². The average molecular weight is 372 g/mol. The molecule has 0 aliphatic carbocycles. The maximum Gasteiger partial charge on any atom is 0.249 e. The molecule has 5 nitrogen and oxygen atoms in total. The highest BCUT2D eigenvalue weighted by molar-refractivity contribution is 6.33. The van der Waals surface area contributed by atoms with Crippen molar-refractivity contribution in [3.05, 3.63) is 29.3 Å². The van der Waals surface area contributed by atoms with Crippen LogP contribution in [0.3, 0.4) is 0 Å². The summed E-state index contributed by atoms with van der Waals surface area (Å²) in [5.41, 5.74) is 0.722. The number of nitrogens with one attached hydrogen (secondary N) is 2. The Labute approximate surface area is 153 Å². The first-order valence-electron chi connectivity index (χ1n) is 8.24. The van der Waals surface area contributed by atoms with Crippen LogP contribution in [-0.4, -0.2) is 37.5 Å². The molecule has 1 atom stereocenters. The highest BCUT2D eigenvalue weighted by atomic mass is 35.5. The summed E-state index contributed by atoms with van der Waals surface area (Å²) in [6.45, 7) is 2.37. The molecule has 24 heavy (non-hydrogen) atoms. The van der Waals surface area contributed by atoms with Crippen molar-refractivity contribution < 1.29 is 9.59 Å². The van der Waals surface area contributed by atoms with E-state index in [2.05, 4.69) is 10.6 Å². The number of amides is 2. The van der Waals surface area contributed by atoms with Gasteiger partial charge in [0.15, 0.2) is 0 Å². The van der Waals surface area contributed by atoms with E-state index in [1.54, 1.807) is 11.0 Å². The van der Waals surface area contributed by atoms with Crippen molar-refractivity contribution in [3.63, 3.8) is 0 Å². The summed E-state index contributed by atoms with van der Waals surface area (Å²) in [5, 5.41) is 6.76.